The maximum Gasteiger partial charge on any atom is 0.252 e. The molecule has 0 aliphatic carbocycles. The Bertz CT molecular complexity index is 1510. The highest BCUT2D eigenvalue weighted by atomic mass is 35.5. The first kappa shape index (κ1) is 30.9. The monoisotopic (exact) mass is 621 g/mol. The van der Waals surface area contributed by atoms with Gasteiger partial charge in [0.05, 0.1) is 6.04 Å². The van der Waals surface area contributed by atoms with E-state index < -0.39 is 0 Å². The van der Waals surface area contributed by atoms with Crippen molar-refractivity contribution in [2.24, 2.45) is 0 Å². The number of rotatable bonds is 10. The standard InChI is InChI=1S/C34H37Cl2N3O4/c1-4-38(19-25-7-5-6-8-30(25)36)34(41)33-29(18-27-20-39(23(3)40)21-31(33)37-27)24-9-12-28(13-10-24)42-15-16-43-32-14-11-26(35)17-22(32)2/h5-14,17,27,31,37H,4,15-16,18-21H2,1-3H3/t27-,31-/m1/s1. The fourth-order valence-electron chi connectivity index (χ4n) is 5.79. The van der Waals surface area contributed by atoms with Gasteiger partial charge in [-0.25, -0.2) is 0 Å². The number of carbonyl (C=O) groups is 2. The lowest BCUT2D eigenvalue weighted by Gasteiger charge is -2.44. The lowest BCUT2D eigenvalue weighted by Crippen LogP contribution is -2.61. The molecule has 5 rings (SSSR count). The van der Waals surface area contributed by atoms with Crippen molar-refractivity contribution in [2.75, 3.05) is 32.8 Å². The molecule has 0 aromatic heterocycles. The summed E-state index contributed by atoms with van der Waals surface area (Å²) in [6, 6.07) is 20.8. The number of likely N-dealkylation sites (N-methyl/N-ethyl adjacent to an activating group) is 1. The molecule has 2 bridgehead atoms. The van der Waals surface area contributed by atoms with Gasteiger partial charge in [-0.15, -0.1) is 0 Å². The second kappa shape index (κ2) is 13.8. The van der Waals surface area contributed by atoms with Gasteiger partial charge >= 0.3 is 0 Å². The van der Waals surface area contributed by atoms with Gasteiger partial charge in [0.1, 0.15) is 24.7 Å². The van der Waals surface area contributed by atoms with Crippen molar-refractivity contribution in [2.45, 2.75) is 45.8 Å². The van der Waals surface area contributed by atoms with Crippen LogP contribution in [0.5, 0.6) is 11.5 Å². The van der Waals surface area contributed by atoms with Crippen LogP contribution >= 0.6 is 23.2 Å². The second-order valence-electron chi connectivity index (χ2n) is 11.0. The number of ether oxygens (including phenoxy) is 2. The fourth-order valence-corrected chi connectivity index (χ4v) is 6.21. The summed E-state index contributed by atoms with van der Waals surface area (Å²) < 4.78 is 11.8. The van der Waals surface area contributed by atoms with Gasteiger partial charge in [0.15, 0.2) is 0 Å². The van der Waals surface area contributed by atoms with Gasteiger partial charge in [0.25, 0.3) is 5.91 Å². The number of halogens is 2. The summed E-state index contributed by atoms with van der Waals surface area (Å²) in [6.45, 7) is 8.29. The summed E-state index contributed by atoms with van der Waals surface area (Å²) in [5, 5.41) is 4.93. The summed E-state index contributed by atoms with van der Waals surface area (Å²) in [5.74, 6) is 1.47. The minimum Gasteiger partial charge on any atom is -0.490 e. The SMILES string of the molecule is CCN(Cc1ccccc1Cl)C(=O)C1=C(c2ccc(OCCOc3ccc(Cl)cc3C)cc2)C[C@@H]2CN(C(C)=O)C[C@H]1N2. The van der Waals surface area contributed by atoms with Crippen LogP contribution in [0.3, 0.4) is 0 Å². The topological polar surface area (TPSA) is 71.1 Å². The summed E-state index contributed by atoms with van der Waals surface area (Å²) in [7, 11) is 0. The molecule has 2 heterocycles. The van der Waals surface area contributed by atoms with Crippen LogP contribution in [0.25, 0.3) is 5.57 Å². The Morgan fingerprint density at radius 1 is 1.00 bits per heavy atom. The van der Waals surface area contributed by atoms with Gasteiger partial charge in [-0.2, -0.15) is 0 Å². The Kier molecular flexibility index (Phi) is 9.96. The van der Waals surface area contributed by atoms with E-state index in [-0.39, 0.29) is 23.9 Å². The molecular weight excluding hydrogens is 585 g/mol. The van der Waals surface area contributed by atoms with Crippen LogP contribution in [0, 0.1) is 6.92 Å². The number of benzene rings is 3. The number of piperazine rings is 1. The third kappa shape index (κ3) is 7.35. The molecule has 1 saturated heterocycles. The van der Waals surface area contributed by atoms with Crippen molar-refractivity contribution in [1.29, 1.82) is 0 Å². The van der Waals surface area contributed by atoms with Crippen LogP contribution in [-0.4, -0.2) is 66.5 Å². The molecule has 226 valence electrons. The third-order valence-corrected chi connectivity index (χ3v) is 8.62. The van der Waals surface area contributed by atoms with Crippen LogP contribution in [0.2, 0.25) is 10.0 Å². The number of amides is 2. The molecule has 2 aliphatic heterocycles. The van der Waals surface area contributed by atoms with Crippen molar-refractivity contribution in [3.63, 3.8) is 0 Å². The third-order valence-electron chi connectivity index (χ3n) is 8.02. The number of nitrogens with zero attached hydrogens (tertiary/aromatic N) is 2. The van der Waals surface area contributed by atoms with Gasteiger partial charge in [-0.3, -0.25) is 9.59 Å². The molecule has 1 N–H and O–H groups in total. The quantitative estimate of drug-likeness (QED) is 0.275. The van der Waals surface area contributed by atoms with Gasteiger partial charge in [0, 0.05) is 54.8 Å². The molecule has 0 spiro atoms. The van der Waals surface area contributed by atoms with E-state index in [1.807, 2.05) is 84.3 Å². The highest BCUT2D eigenvalue weighted by Gasteiger charge is 2.40. The summed E-state index contributed by atoms with van der Waals surface area (Å²) >= 11 is 12.5. The molecule has 2 atom stereocenters. The minimum absolute atomic E-state index is 0.0202. The largest absolute Gasteiger partial charge is 0.490 e. The zero-order valence-corrected chi connectivity index (χ0v) is 26.3. The van der Waals surface area contributed by atoms with Gasteiger partial charge < -0.3 is 24.6 Å². The Morgan fingerprint density at radius 3 is 2.44 bits per heavy atom. The fraction of sp³-hybridized carbons (Fsp3) is 0.353. The van der Waals surface area contributed by atoms with Gasteiger partial charge in [-0.05, 0) is 78.9 Å². The molecule has 1 fully saturated rings. The molecule has 9 heteroatoms. The van der Waals surface area contributed by atoms with E-state index in [9.17, 15) is 9.59 Å². The van der Waals surface area contributed by atoms with Crippen LogP contribution in [0.4, 0.5) is 0 Å². The van der Waals surface area contributed by atoms with E-state index in [0.29, 0.717) is 61.4 Å². The van der Waals surface area contributed by atoms with Crippen molar-refractivity contribution in [1.82, 2.24) is 15.1 Å². The highest BCUT2D eigenvalue weighted by molar-refractivity contribution is 6.31. The number of fused-ring (bicyclic) bond motifs is 2. The van der Waals surface area contributed by atoms with E-state index in [1.165, 1.54) is 0 Å². The van der Waals surface area contributed by atoms with Crippen molar-refractivity contribution in [3.8, 4) is 11.5 Å². The van der Waals surface area contributed by atoms with E-state index in [0.717, 1.165) is 33.8 Å². The number of carbonyl (C=O) groups excluding carboxylic acids is 2. The first-order valence-corrected chi connectivity index (χ1v) is 15.4. The van der Waals surface area contributed by atoms with Crippen LogP contribution in [0.1, 0.15) is 37.0 Å². The molecule has 0 saturated carbocycles. The molecule has 43 heavy (non-hydrogen) atoms. The molecule has 0 radical (unpaired) electrons. The van der Waals surface area contributed by atoms with E-state index in [4.69, 9.17) is 32.7 Å². The zero-order valence-electron chi connectivity index (χ0n) is 24.7. The van der Waals surface area contributed by atoms with Crippen molar-refractivity contribution >= 4 is 40.6 Å². The normalized spacial score (nSPS) is 17.9. The van der Waals surface area contributed by atoms with Gasteiger partial charge in [0.2, 0.25) is 5.91 Å². The molecular formula is C34H37Cl2N3O4. The first-order valence-electron chi connectivity index (χ1n) is 14.6. The molecule has 3 aromatic rings. The number of nitrogens with one attached hydrogen (secondary N) is 1. The van der Waals surface area contributed by atoms with E-state index >= 15 is 0 Å². The molecule has 3 aromatic carbocycles. The van der Waals surface area contributed by atoms with Crippen LogP contribution < -0.4 is 14.8 Å². The average molecular weight is 623 g/mol. The van der Waals surface area contributed by atoms with Crippen molar-refractivity contribution < 1.29 is 19.1 Å². The Hall–Kier alpha value is -3.52. The average Bonchev–Trinajstić information content (AvgIpc) is 2.99. The maximum absolute atomic E-state index is 14.2. The number of aryl methyl sites for hydroxylation is 1. The van der Waals surface area contributed by atoms with Crippen LogP contribution in [-0.2, 0) is 16.1 Å². The smallest absolute Gasteiger partial charge is 0.252 e. The summed E-state index contributed by atoms with van der Waals surface area (Å²) in [4.78, 5) is 30.2. The van der Waals surface area contributed by atoms with E-state index in [1.54, 1.807) is 13.0 Å². The predicted octanol–water partition coefficient (Wildman–Crippen LogP) is 6.15. The van der Waals surface area contributed by atoms with Gasteiger partial charge in [-0.1, -0.05) is 53.5 Å². The zero-order chi connectivity index (χ0) is 30.5. The lowest BCUT2D eigenvalue weighted by molar-refractivity contribution is -0.132. The maximum atomic E-state index is 14.2. The second-order valence-corrected chi connectivity index (χ2v) is 11.8. The highest BCUT2D eigenvalue weighted by Crippen LogP contribution is 2.35. The molecule has 2 aliphatic rings. The number of hydrogen-bond acceptors (Lipinski definition) is 5. The molecule has 7 nitrogen and oxygen atoms in total. The predicted molar refractivity (Wildman–Crippen MR) is 171 cm³/mol. The summed E-state index contributed by atoms with van der Waals surface area (Å²) in [6.07, 6.45) is 0.638. The first-order chi connectivity index (χ1) is 20.7. The number of hydrogen-bond donors (Lipinski definition) is 1. The minimum atomic E-state index is -0.261. The Balaban J connectivity index is 1.35. The Morgan fingerprint density at radius 2 is 1.74 bits per heavy atom. The lowest BCUT2D eigenvalue weighted by atomic mass is 9.83. The van der Waals surface area contributed by atoms with E-state index in [2.05, 4.69) is 5.32 Å². The Labute approximate surface area is 263 Å². The molecule has 0 unspecified atom stereocenters. The van der Waals surface area contributed by atoms with Crippen molar-refractivity contribution in [3.05, 3.63) is 99.0 Å². The summed E-state index contributed by atoms with van der Waals surface area (Å²) in [5.41, 5.74) is 4.56. The van der Waals surface area contributed by atoms with Crippen LogP contribution in [0.15, 0.2) is 72.3 Å². The molecule has 2 amide bonds.